The van der Waals surface area contributed by atoms with Crippen molar-refractivity contribution in [2.75, 3.05) is 6.61 Å². The first-order valence-corrected chi connectivity index (χ1v) is 13.0. The van der Waals surface area contributed by atoms with Gasteiger partial charge in [-0.1, -0.05) is 32.4 Å². The highest BCUT2D eigenvalue weighted by molar-refractivity contribution is 5.26. The van der Waals surface area contributed by atoms with E-state index in [0.717, 1.165) is 49.9 Å². The molecule has 2 heterocycles. The third-order valence-corrected chi connectivity index (χ3v) is 11.4. The summed E-state index contributed by atoms with van der Waals surface area (Å²) in [5.41, 5.74) is 1.47. The summed E-state index contributed by atoms with van der Waals surface area (Å²) in [6.07, 6.45) is 12.3. The van der Waals surface area contributed by atoms with Gasteiger partial charge in [0.25, 0.3) is 0 Å². The molecule has 2 unspecified atom stereocenters. The molecule has 6 rings (SSSR count). The molecule has 2 aliphatic heterocycles. The van der Waals surface area contributed by atoms with E-state index in [-0.39, 0.29) is 6.10 Å². The molecule has 0 amide bonds. The SMILES string of the molecule is C[C@H]1[C@H]2[C@H](C[C@H]3[C@@H]4CC=C5CC(O)CC[C@]5(C)[C@H]4CC[C@]23C)O[C@]12CCC(C)(O)CO2. The summed E-state index contributed by atoms with van der Waals surface area (Å²) in [5, 5.41) is 20.7. The van der Waals surface area contributed by atoms with Crippen LogP contribution in [0, 0.1) is 40.4 Å². The smallest absolute Gasteiger partial charge is 0.171 e. The van der Waals surface area contributed by atoms with Crippen molar-refractivity contribution in [1.29, 1.82) is 0 Å². The van der Waals surface area contributed by atoms with Crippen LogP contribution < -0.4 is 0 Å². The molecule has 0 bridgehead atoms. The Morgan fingerprint density at radius 1 is 1.03 bits per heavy atom. The third-order valence-electron chi connectivity index (χ3n) is 11.4. The number of hydrogen-bond donors (Lipinski definition) is 2. The second kappa shape index (κ2) is 6.58. The number of aliphatic hydroxyl groups excluding tert-OH is 1. The van der Waals surface area contributed by atoms with Gasteiger partial charge in [-0.05, 0) is 92.8 Å². The Morgan fingerprint density at radius 3 is 2.58 bits per heavy atom. The quantitative estimate of drug-likeness (QED) is 0.541. The Morgan fingerprint density at radius 2 is 1.84 bits per heavy atom. The number of ether oxygens (including phenoxy) is 2. The summed E-state index contributed by atoms with van der Waals surface area (Å²) in [6.45, 7) is 9.72. The first-order valence-electron chi connectivity index (χ1n) is 13.0. The van der Waals surface area contributed by atoms with E-state index in [1.165, 1.54) is 25.7 Å². The second-order valence-corrected chi connectivity index (χ2v) is 13.0. The van der Waals surface area contributed by atoms with Crippen molar-refractivity contribution in [3.8, 4) is 0 Å². The molecular weight excluding hydrogens is 388 g/mol. The van der Waals surface area contributed by atoms with E-state index in [0.29, 0.717) is 35.4 Å². The van der Waals surface area contributed by atoms with E-state index in [9.17, 15) is 10.2 Å². The molecule has 2 saturated heterocycles. The lowest BCUT2D eigenvalue weighted by atomic mass is 9.47. The van der Waals surface area contributed by atoms with Gasteiger partial charge in [0.15, 0.2) is 5.79 Å². The molecule has 6 aliphatic rings. The molecular formula is C27H42O4. The van der Waals surface area contributed by atoms with Crippen LogP contribution in [0.5, 0.6) is 0 Å². The standard InChI is InChI=1S/C27H42O4/c1-16-23-22(31-27(16)12-11-24(2,29)15-30-27)14-21-19-6-5-17-13-18(28)7-9-25(17,3)20(19)8-10-26(21,23)4/h5,16,18-23,28-29H,6-15H2,1-4H3/t16-,18?,19+,20-,21-,22-,23-,24?,25-,26-,27+/m0/s1. The number of aliphatic hydroxyl groups is 2. The van der Waals surface area contributed by atoms with E-state index in [1.54, 1.807) is 5.57 Å². The second-order valence-electron chi connectivity index (χ2n) is 13.0. The Balaban J connectivity index is 1.27. The van der Waals surface area contributed by atoms with Crippen molar-refractivity contribution in [3.63, 3.8) is 0 Å². The van der Waals surface area contributed by atoms with Gasteiger partial charge in [0.05, 0.1) is 24.4 Å². The van der Waals surface area contributed by atoms with E-state index >= 15 is 0 Å². The summed E-state index contributed by atoms with van der Waals surface area (Å²) in [5.74, 6) is 2.72. The maximum atomic E-state index is 10.4. The monoisotopic (exact) mass is 430 g/mol. The van der Waals surface area contributed by atoms with Crippen LogP contribution in [-0.4, -0.2) is 40.4 Å². The molecule has 4 aliphatic carbocycles. The Bertz CT molecular complexity index is 778. The maximum absolute atomic E-state index is 10.4. The molecule has 4 heteroatoms. The van der Waals surface area contributed by atoms with Crippen molar-refractivity contribution in [2.24, 2.45) is 40.4 Å². The van der Waals surface area contributed by atoms with Gasteiger partial charge in [0.2, 0.25) is 0 Å². The minimum Gasteiger partial charge on any atom is -0.393 e. The predicted octanol–water partition coefficient (Wildman–Crippen LogP) is 4.83. The van der Waals surface area contributed by atoms with Crippen LogP contribution in [0.4, 0.5) is 0 Å². The third kappa shape index (κ3) is 2.80. The van der Waals surface area contributed by atoms with E-state index < -0.39 is 11.4 Å². The number of allylic oxidation sites excluding steroid dienone is 1. The van der Waals surface area contributed by atoms with Gasteiger partial charge in [0.1, 0.15) is 0 Å². The molecule has 0 aromatic rings. The van der Waals surface area contributed by atoms with Gasteiger partial charge < -0.3 is 19.7 Å². The van der Waals surface area contributed by atoms with Crippen LogP contribution in [0.3, 0.4) is 0 Å². The fourth-order valence-electron chi connectivity index (χ4n) is 9.64. The number of hydrogen-bond acceptors (Lipinski definition) is 4. The zero-order chi connectivity index (χ0) is 21.8. The van der Waals surface area contributed by atoms with Gasteiger partial charge in [-0.25, -0.2) is 0 Å². The molecule has 31 heavy (non-hydrogen) atoms. The van der Waals surface area contributed by atoms with Gasteiger partial charge >= 0.3 is 0 Å². The first kappa shape index (κ1) is 21.1. The van der Waals surface area contributed by atoms with Gasteiger partial charge in [-0.15, -0.1) is 0 Å². The normalized spacial score (nSPS) is 60.7. The highest BCUT2D eigenvalue weighted by Crippen LogP contribution is 2.70. The molecule has 0 aromatic heterocycles. The van der Waals surface area contributed by atoms with Crippen LogP contribution in [0.25, 0.3) is 0 Å². The predicted molar refractivity (Wildman–Crippen MR) is 119 cm³/mol. The first-order chi connectivity index (χ1) is 14.6. The van der Waals surface area contributed by atoms with E-state index in [2.05, 4.69) is 26.8 Å². The van der Waals surface area contributed by atoms with Crippen LogP contribution in [0.2, 0.25) is 0 Å². The van der Waals surface area contributed by atoms with Crippen molar-refractivity contribution in [3.05, 3.63) is 11.6 Å². The molecule has 0 radical (unpaired) electrons. The van der Waals surface area contributed by atoms with Gasteiger partial charge in [-0.3, -0.25) is 0 Å². The van der Waals surface area contributed by atoms with E-state index in [4.69, 9.17) is 9.47 Å². The summed E-state index contributed by atoms with van der Waals surface area (Å²) >= 11 is 0. The largest absolute Gasteiger partial charge is 0.393 e. The van der Waals surface area contributed by atoms with Crippen LogP contribution in [-0.2, 0) is 9.47 Å². The molecule has 5 fully saturated rings. The zero-order valence-corrected chi connectivity index (χ0v) is 19.9. The highest BCUT2D eigenvalue weighted by Gasteiger charge is 2.69. The Hall–Kier alpha value is -0.420. The van der Waals surface area contributed by atoms with Crippen molar-refractivity contribution >= 4 is 0 Å². The fraction of sp³-hybridized carbons (Fsp3) is 0.926. The summed E-state index contributed by atoms with van der Waals surface area (Å²) in [4.78, 5) is 0. The molecule has 11 atom stereocenters. The lowest BCUT2D eigenvalue weighted by Gasteiger charge is -2.58. The summed E-state index contributed by atoms with van der Waals surface area (Å²) < 4.78 is 13.1. The maximum Gasteiger partial charge on any atom is 0.171 e. The molecule has 4 nitrogen and oxygen atoms in total. The lowest BCUT2D eigenvalue weighted by Crippen LogP contribution is -2.53. The van der Waals surface area contributed by atoms with Crippen LogP contribution in [0.1, 0.15) is 85.5 Å². The lowest BCUT2D eigenvalue weighted by molar-refractivity contribution is -0.293. The van der Waals surface area contributed by atoms with Crippen molar-refractivity contribution in [1.82, 2.24) is 0 Å². The topological polar surface area (TPSA) is 58.9 Å². The van der Waals surface area contributed by atoms with Crippen LogP contribution in [0.15, 0.2) is 11.6 Å². The summed E-state index contributed by atoms with van der Waals surface area (Å²) in [7, 11) is 0. The van der Waals surface area contributed by atoms with Crippen molar-refractivity contribution < 1.29 is 19.7 Å². The molecule has 3 saturated carbocycles. The summed E-state index contributed by atoms with van der Waals surface area (Å²) in [6, 6.07) is 0. The minimum absolute atomic E-state index is 0.128. The number of rotatable bonds is 0. The van der Waals surface area contributed by atoms with Gasteiger partial charge in [0, 0.05) is 12.3 Å². The fourth-order valence-corrected chi connectivity index (χ4v) is 9.64. The average molecular weight is 431 g/mol. The van der Waals surface area contributed by atoms with Crippen molar-refractivity contribution in [2.45, 2.75) is 109 Å². The van der Waals surface area contributed by atoms with Gasteiger partial charge in [-0.2, -0.15) is 0 Å². The average Bonchev–Trinajstić information content (AvgIpc) is 3.16. The van der Waals surface area contributed by atoms with Crippen LogP contribution >= 0.6 is 0 Å². The Labute approximate surface area is 187 Å². The highest BCUT2D eigenvalue weighted by atomic mass is 16.7. The molecule has 174 valence electrons. The number of fused-ring (bicyclic) bond motifs is 7. The Kier molecular flexibility index (Phi) is 4.49. The molecule has 2 N–H and O–H groups in total. The molecule has 0 aromatic carbocycles. The van der Waals surface area contributed by atoms with E-state index in [1.807, 2.05) is 6.92 Å². The minimum atomic E-state index is -0.717. The zero-order valence-electron chi connectivity index (χ0n) is 19.9. The molecule has 1 spiro atoms.